The summed E-state index contributed by atoms with van der Waals surface area (Å²) in [5.41, 5.74) is 9.52. The van der Waals surface area contributed by atoms with E-state index >= 15 is 0 Å². The van der Waals surface area contributed by atoms with Gasteiger partial charge in [0.25, 0.3) is 0 Å². The summed E-state index contributed by atoms with van der Waals surface area (Å²) in [6.45, 7) is 1.00. The Hall–Kier alpha value is -1.00. The summed E-state index contributed by atoms with van der Waals surface area (Å²) in [7, 11) is -0.881. The van der Waals surface area contributed by atoms with Crippen molar-refractivity contribution in [3.63, 3.8) is 0 Å². The van der Waals surface area contributed by atoms with Gasteiger partial charge in [0, 0.05) is 36.0 Å². The summed E-state index contributed by atoms with van der Waals surface area (Å²) in [4.78, 5) is 0. The molecule has 0 radical (unpaired) electrons. The van der Waals surface area contributed by atoms with E-state index in [4.69, 9.17) is 0 Å². The van der Waals surface area contributed by atoms with Crippen LogP contribution in [-0.4, -0.2) is 42.7 Å². The van der Waals surface area contributed by atoms with Crippen molar-refractivity contribution in [1.82, 2.24) is 31.5 Å². The van der Waals surface area contributed by atoms with Crippen LogP contribution in [0, 0.1) is 11.8 Å². The largest absolute Gasteiger partial charge is 0.307 e. The SMILES string of the molecule is O=S(C1=C2NN3NCCC3C3CC(c4ccnnc4)NC(S1)C23)C1CCC1. The zero-order chi connectivity index (χ0) is 18.0. The van der Waals surface area contributed by atoms with Crippen molar-refractivity contribution in [3.05, 3.63) is 34.0 Å². The van der Waals surface area contributed by atoms with Crippen LogP contribution in [0.5, 0.6) is 0 Å². The Morgan fingerprint density at radius 3 is 2.96 bits per heavy atom. The number of rotatable bonds is 3. The predicted molar refractivity (Wildman–Crippen MR) is 105 cm³/mol. The molecule has 4 aliphatic heterocycles. The number of hydrogen-bond acceptors (Lipinski definition) is 8. The van der Waals surface area contributed by atoms with Gasteiger partial charge in [-0.1, -0.05) is 18.2 Å². The van der Waals surface area contributed by atoms with Crippen LogP contribution in [0.3, 0.4) is 0 Å². The molecule has 4 fully saturated rings. The van der Waals surface area contributed by atoms with Crippen LogP contribution < -0.4 is 16.2 Å². The first-order valence-electron chi connectivity index (χ1n) is 9.93. The summed E-state index contributed by atoms with van der Waals surface area (Å²) in [5.74, 6) is 0.963. The van der Waals surface area contributed by atoms with E-state index in [1.54, 1.807) is 6.20 Å². The summed E-state index contributed by atoms with van der Waals surface area (Å²) in [6, 6.07) is 2.83. The Morgan fingerprint density at radius 2 is 2.19 bits per heavy atom. The lowest BCUT2D eigenvalue weighted by Gasteiger charge is -2.48. The Kier molecular flexibility index (Phi) is 4.08. The molecule has 1 aromatic heterocycles. The minimum absolute atomic E-state index is 0.275. The molecule has 0 bridgehead atoms. The predicted octanol–water partition coefficient (Wildman–Crippen LogP) is 1.38. The highest BCUT2D eigenvalue weighted by molar-refractivity contribution is 8.17. The molecule has 9 heteroatoms. The Labute approximate surface area is 165 Å². The van der Waals surface area contributed by atoms with E-state index in [0.717, 1.165) is 36.5 Å². The van der Waals surface area contributed by atoms with E-state index in [-0.39, 0.29) is 11.4 Å². The van der Waals surface area contributed by atoms with Gasteiger partial charge in [-0.05, 0) is 43.2 Å². The smallest absolute Gasteiger partial charge is 0.0942 e. The zero-order valence-electron chi connectivity index (χ0n) is 15.0. The van der Waals surface area contributed by atoms with Gasteiger partial charge in [0.1, 0.15) is 0 Å². The highest BCUT2D eigenvalue weighted by Gasteiger charge is 2.55. The maximum absolute atomic E-state index is 13.2. The Bertz CT molecular complexity index is 800. The van der Waals surface area contributed by atoms with Crippen LogP contribution in [0.25, 0.3) is 0 Å². The first kappa shape index (κ1) is 16.9. The van der Waals surface area contributed by atoms with Gasteiger partial charge >= 0.3 is 0 Å². The van der Waals surface area contributed by atoms with Crippen LogP contribution >= 0.6 is 11.8 Å². The highest BCUT2D eigenvalue weighted by Crippen LogP contribution is 2.55. The van der Waals surface area contributed by atoms with E-state index in [9.17, 15) is 4.21 Å². The molecule has 6 unspecified atom stereocenters. The number of nitrogens with zero attached hydrogens (tertiary/aromatic N) is 3. The fourth-order valence-electron chi connectivity index (χ4n) is 5.19. The van der Waals surface area contributed by atoms with Crippen molar-refractivity contribution >= 4 is 22.6 Å². The molecular formula is C18H24N6OS2. The van der Waals surface area contributed by atoms with Crippen molar-refractivity contribution in [2.24, 2.45) is 11.8 Å². The normalized spacial score (nSPS) is 39.5. The van der Waals surface area contributed by atoms with Gasteiger partial charge in [-0.15, -0.1) is 0 Å². The van der Waals surface area contributed by atoms with Gasteiger partial charge in [-0.25, -0.2) is 5.43 Å². The molecule has 5 heterocycles. The molecule has 5 aliphatic rings. The van der Waals surface area contributed by atoms with Crippen molar-refractivity contribution in [3.8, 4) is 0 Å². The number of hydrazine groups is 2. The lowest BCUT2D eigenvalue weighted by atomic mass is 9.74. The van der Waals surface area contributed by atoms with E-state index in [0.29, 0.717) is 23.1 Å². The quantitative estimate of drug-likeness (QED) is 0.697. The molecule has 0 aromatic carbocycles. The molecule has 1 saturated carbocycles. The lowest BCUT2D eigenvalue weighted by molar-refractivity contribution is 0.00557. The molecule has 27 heavy (non-hydrogen) atoms. The minimum atomic E-state index is -0.881. The van der Waals surface area contributed by atoms with E-state index < -0.39 is 10.8 Å². The number of hydrogen-bond donors (Lipinski definition) is 3. The van der Waals surface area contributed by atoms with Gasteiger partial charge in [0.15, 0.2) is 0 Å². The molecule has 7 nitrogen and oxygen atoms in total. The van der Waals surface area contributed by atoms with Gasteiger partial charge in [0.05, 0.1) is 32.3 Å². The van der Waals surface area contributed by atoms with Crippen LogP contribution in [0.15, 0.2) is 28.4 Å². The molecule has 1 aromatic rings. The van der Waals surface area contributed by atoms with Crippen molar-refractivity contribution < 1.29 is 4.21 Å². The molecule has 6 atom stereocenters. The van der Waals surface area contributed by atoms with E-state index in [2.05, 4.69) is 37.6 Å². The molecule has 144 valence electrons. The highest BCUT2D eigenvalue weighted by atomic mass is 32.2. The third kappa shape index (κ3) is 2.62. The van der Waals surface area contributed by atoms with Crippen molar-refractivity contribution in [2.75, 3.05) is 6.54 Å². The fraction of sp³-hybridized carbons (Fsp3) is 0.667. The molecular weight excluding hydrogens is 380 g/mol. The van der Waals surface area contributed by atoms with Gasteiger partial charge < -0.3 is 5.43 Å². The summed E-state index contributed by atoms with van der Waals surface area (Å²) in [5, 5.41) is 14.7. The summed E-state index contributed by atoms with van der Waals surface area (Å²) >= 11 is 1.81. The van der Waals surface area contributed by atoms with Crippen LogP contribution in [0.1, 0.15) is 43.7 Å². The van der Waals surface area contributed by atoms with Crippen LogP contribution in [-0.2, 0) is 10.8 Å². The van der Waals surface area contributed by atoms with E-state index in [1.807, 2.05) is 18.0 Å². The first-order valence-corrected chi connectivity index (χ1v) is 12.0. The summed E-state index contributed by atoms with van der Waals surface area (Å²) < 4.78 is 14.3. The maximum atomic E-state index is 13.2. The van der Waals surface area contributed by atoms with Gasteiger partial charge in [-0.3, -0.25) is 9.53 Å². The Morgan fingerprint density at radius 1 is 1.26 bits per heavy atom. The third-order valence-corrected chi connectivity index (χ3v) is 10.3. The second-order valence-corrected chi connectivity index (χ2v) is 11.2. The molecule has 3 saturated heterocycles. The summed E-state index contributed by atoms with van der Waals surface area (Å²) in [6.07, 6.45) is 9.31. The van der Waals surface area contributed by atoms with Crippen LogP contribution in [0.2, 0.25) is 0 Å². The molecule has 3 N–H and O–H groups in total. The fourth-order valence-corrected chi connectivity index (χ4v) is 9.00. The average molecular weight is 405 g/mol. The van der Waals surface area contributed by atoms with Crippen molar-refractivity contribution in [1.29, 1.82) is 0 Å². The molecule has 0 spiro atoms. The van der Waals surface area contributed by atoms with Crippen molar-refractivity contribution in [2.45, 2.75) is 54.8 Å². The monoisotopic (exact) mass is 404 g/mol. The number of thioether (sulfide) groups is 1. The zero-order valence-corrected chi connectivity index (χ0v) is 16.6. The number of piperidine rings is 1. The number of nitrogens with one attached hydrogen (secondary N) is 3. The third-order valence-electron chi connectivity index (χ3n) is 6.78. The van der Waals surface area contributed by atoms with Gasteiger partial charge in [-0.2, -0.15) is 15.3 Å². The maximum Gasteiger partial charge on any atom is 0.0942 e. The first-order chi connectivity index (χ1) is 13.3. The average Bonchev–Trinajstić information content (AvgIpc) is 3.27. The number of aromatic nitrogens is 2. The topological polar surface area (TPSA) is 82.2 Å². The standard InChI is InChI=1S/C18H24N6OS2/c25-27(11-2-1-3-11)18-16-15-12(14-5-7-21-24(14)23-16)8-13(22-17(15)26-18)10-4-6-19-20-9-10/h4,6,9,11-15,17,21-23H,1-3,5,7-8H2. The second kappa shape index (κ2) is 6.52. The minimum Gasteiger partial charge on any atom is -0.307 e. The van der Waals surface area contributed by atoms with Gasteiger partial charge in [0.2, 0.25) is 0 Å². The second-order valence-electron chi connectivity index (χ2n) is 8.16. The number of fused-ring (bicyclic) bond motifs is 2. The molecule has 0 amide bonds. The molecule has 6 rings (SSSR count). The van der Waals surface area contributed by atoms with Crippen LogP contribution in [0.4, 0.5) is 0 Å². The lowest BCUT2D eigenvalue weighted by Crippen LogP contribution is -2.61. The molecule has 1 aliphatic carbocycles. The van der Waals surface area contributed by atoms with E-state index in [1.165, 1.54) is 17.7 Å². The Balaban J connectivity index is 1.36.